The fourth-order valence-corrected chi connectivity index (χ4v) is 3.50. The molecule has 0 spiro atoms. The van der Waals surface area contributed by atoms with E-state index in [1.807, 2.05) is 6.07 Å². The molecule has 0 fully saturated rings. The number of hydrogen-bond donors (Lipinski definition) is 3. The molecule has 1 aliphatic rings. The molecule has 3 heterocycles. The first-order valence-electron chi connectivity index (χ1n) is 9.57. The Hall–Kier alpha value is -3.63. The number of aromatic nitrogens is 2. The van der Waals surface area contributed by atoms with E-state index in [2.05, 4.69) is 32.4 Å². The lowest BCUT2D eigenvalue weighted by Crippen LogP contribution is -2.31. The summed E-state index contributed by atoms with van der Waals surface area (Å²) >= 11 is 0. The first-order chi connectivity index (χ1) is 14.6. The van der Waals surface area contributed by atoms with Crippen molar-refractivity contribution in [3.05, 3.63) is 64.9 Å². The molecular weight excluding hydrogens is 383 g/mol. The second kappa shape index (κ2) is 8.39. The highest BCUT2D eigenvalue weighted by Gasteiger charge is 2.28. The number of nitrogens with one attached hydrogen (secondary N) is 3. The number of hydrogen-bond acceptors (Lipinski definition) is 4. The van der Waals surface area contributed by atoms with Crippen LogP contribution < -0.4 is 10.6 Å². The summed E-state index contributed by atoms with van der Waals surface area (Å²) in [7, 11) is 1.58. The average Bonchev–Trinajstić information content (AvgIpc) is 3.11. The van der Waals surface area contributed by atoms with Gasteiger partial charge in [0.25, 0.3) is 5.91 Å². The van der Waals surface area contributed by atoms with Crippen LogP contribution in [0.2, 0.25) is 0 Å². The number of anilines is 2. The van der Waals surface area contributed by atoms with Crippen LogP contribution >= 0.6 is 0 Å². The van der Waals surface area contributed by atoms with Gasteiger partial charge in [-0.2, -0.15) is 0 Å². The number of ether oxygens (including phenoxy) is 1. The quantitative estimate of drug-likeness (QED) is 0.581. The zero-order valence-electron chi connectivity index (χ0n) is 16.7. The van der Waals surface area contributed by atoms with Crippen molar-refractivity contribution in [3.63, 3.8) is 0 Å². The molecule has 4 rings (SSSR count). The average molecular weight is 404 g/mol. The summed E-state index contributed by atoms with van der Waals surface area (Å²) in [6.07, 6.45) is 4.02. The van der Waals surface area contributed by atoms with Crippen LogP contribution in [0.3, 0.4) is 0 Å². The van der Waals surface area contributed by atoms with Crippen LogP contribution in [0.5, 0.6) is 0 Å². The standard InChI is InChI=1S/C23H21FN4O2/c1-14-17(24)6-3-7-18(14)27-22-20-19(9-11-26-23(20)29)28-21(22)16-8-10-25-13-15(16)5-4-12-30-2/h3,6-8,10,13,27-28H,9,11-12H2,1-2H3,(H,26,29). The smallest absolute Gasteiger partial charge is 0.255 e. The van der Waals surface area contributed by atoms with Crippen LogP contribution in [0, 0.1) is 24.6 Å². The maximum absolute atomic E-state index is 14.1. The molecule has 0 atom stereocenters. The maximum atomic E-state index is 14.1. The summed E-state index contributed by atoms with van der Waals surface area (Å²) in [6.45, 7) is 2.55. The fraction of sp³-hybridized carbons (Fsp3) is 0.217. The zero-order chi connectivity index (χ0) is 21.1. The third-order valence-corrected chi connectivity index (χ3v) is 5.02. The lowest BCUT2D eigenvalue weighted by atomic mass is 10.0. The number of aromatic amines is 1. The van der Waals surface area contributed by atoms with Gasteiger partial charge in [0.15, 0.2) is 0 Å². The molecule has 6 nitrogen and oxygen atoms in total. The van der Waals surface area contributed by atoms with Crippen molar-refractivity contribution in [2.45, 2.75) is 13.3 Å². The summed E-state index contributed by atoms with van der Waals surface area (Å²) in [5.41, 5.74) is 5.24. The van der Waals surface area contributed by atoms with Crippen LogP contribution in [0.1, 0.15) is 27.2 Å². The molecule has 2 aromatic heterocycles. The van der Waals surface area contributed by atoms with Gasteiger partial charge in [-0.25, -0.2) is 4.39 Å². The molecule has 3 N–H and O–H groups in total. The van der Waals surface area contributed by atoms with Gasteiger partial charge in [-0.3, -0.25) is 9.78 Å². The molecule has 7 heteroatoms. The van der Waals surface area contributed by atoms with Crippen molar-refractivity contribution < 1.29 is 13.9 Å². The number of benzene rings is 1. The summed E-state index contributed by atoms with van der Waals surface area (Å²) in [6, 6.07) is 6.68. The normalized spacial score (nSPS) is 12.6. The van der Waals surface area contributed by atoms with E-state index in [4.69, 9.17) is 4.74 Å². The largest absolute Gasteiger partial charge is 0.372 e. The Labute approximate surface area is 173 Å². The molecule has 0 unspecified atom stereocenters. The van der Waals surface area contributed by atoms with Gasteiger partial charge in [-0.05, 0) is 25.1 Å². The second-order valence-electron chi connectivity index (χ2n) is 6.93. The molecule has 1 aromatic carbocycles. The minimum atomic E-state index is -0.314. The van der Waals surface area contributed by atoms with Gasteiger partial charge >= 0.3 is 0 Å². The number of methoxy groups -OCH3 is 1. The Morgan fingerprint density at radius 3 is 3.03 bits per heavy atom. The lowest BCUT2D eigenvalue weighted by molar-refractivity contribution is 0.0947. The third-order valence-electron chi connectivity index (χ3n) is 5.02. The number of amides is 1. The maximum Gasteiger partial charge on any atom is 0.255 e. The number of carbonyl (C=O) groups is 1. The van der Waals surface area contributed by atoms with Crippen molar-refractivity contribution >= 4 is 17.3 Å². The number of halogens is 1. The van der Waals surface area contributed by atoms with Crippen molar-refractivity contribution in [1.29, 1.82) is 0 Å². The molecule has 0 aliphatic carbocycles. The number of carbonyl (C=O) groups excluding carboxylic acids is 1. The third kappa shape index (κ3) is 3.65. The molecule has 0 bridgehead atoms. The van der Waals surface area contributed by atoms with Gasteiger partial charge in [0.1, 0.15) is 12.4 Å². The minimum Gasteiger partial charge on any atom is -0.372 e. The first kappa shape index (κ1) is 19.7. The van der Waals surface area contributed by atoms with Crippen LogP contribution in [-0.2, 0) is 11.2 Å². The van der Waals surface area contributed by atoms with E-state index in [-0.39, 0.29) is 11.7 Å². The molecule has 0 saturated heterocycles. The summed E-state index contributed by atoms with van der Waals surface area (Å²) in [5.74, 6) is 5.53. The summed E-state index contributed by atoms with van der Waals surface area (Å²) in [5, 5.41) is 6.17. The Morgan fingerprint density at radius 2 is 2.20 bits per heavy atom. The van der Waals surface area contributed by atoms with Gasteiger partial charge in [-0.1, -0.05) is 17.9 Å². The highest BCUT2D eigenvalue weighted by molar-refractivity contribution is 6.06. The number of rotatable bonds is 4. The Morgan fingerprint density at radius 1 is 1.33 bits per heavy atom. The Balaban J connectivity index is 1.89. The number of fused-ring (bicyclic) bond motifs is 1. The van der Waals surface area contributed by atoms with E-state index in [0.29, 0.717) is 53.3 Å². The first-order valence-corrected chi connectivity index (χ1v) is 9.57. The number of H-pyrrole nitrogens is 1. The highest BCUT2D eigenvalue weighted by Crippen LogP contribution is 2.38. The number of nitrogens with zero attached hydrogens (tertiary/aromatic N) is 1. The highest BCUT2D eigenvalue weighted by atomic mass is 19.1. The van der Waals surface area contributed by atoms with Gasteiger partial charge in [0.2, 0.25) is 0 Å². The number of pyridine rings is 1. The van der Waals surface area contributed by atoms with Crippen LogP contribution in [-0.4, -0.2) is 36.1 Å². The summed E-state index contributed by atoms with van der Waals surface area (Å²) in [4.78, 5) is 20.3. The predicted molar refractivity (Wildman–Crippen MR) is 113 cm³/mol. The van der Waals surface area contributed by atoms with Crippen LogP contribution in [0.25, 0.3) is 11.3 Å². The molecule has 0 radical (unpaired) electrons. The predicted octanol–water partition coefficient (Wildman–Crippen LogP) is 3.55. The zero-order valence-corrected chi connectivity index (χ0v) is 16.7. The molecular formula is C23H21FN4O2. The van der Waals surface area contributed by atoms with Gasteiger partial charge in [-0.15, -0.1) is 0 Å². The van der Waals surface area contributed by atoms with E-state index in [1.165, 1.54) is 6.07 Å². The molecule has 1 amide bonds. The lowest BCUT2D eigenvalue weighted by Gasteiger charge is -2.16. The van der Waals surface area contributed by atoms with Gasteiger partial charge in [0, 0.05) is 55.0 Å². The second-order valence-corrected chi connectivity index (χ2v) is 6.93. The van der Waals surface area contributed by atoms with E-state index in [1.54, 1.807) is 38.6 Å². The summed E-state index contributed by atoms with van der Waals surface area (Å²) < 4.78 is 19.1. The van der Waals surface area contributed by atoms with E-state index >= 15 is 0 Å². The Bertz CT molecular complexity index is 1170. The van der Waals surface area contributed by atoms with Crippen molar-refractivity contribution in [2.24, 2.45) is 0 Å². The van der Waals surface area contributed by atoms with Crippen LogP contribution in [0.15, 0.2) is 36.7 Å². The molecule has 3 aromatic rings. The molecule has 30 heavy (non-hydrogen) atoms. The van der Waals surface area contributed by atoms with Crippen LogP contribution in [0.4, 0.5) is 15.8 Å². The van der Waals surface area contributed by atoms with Crippen molar-refractivity contribution in [2.75, 3.05) is 25.6 Å². The molecule has 152 valence electrons. The fourth-order valence-electron chi connectivity index (χ4n) is 3.50. The Kier molecular flexibility index (Phi) is 5.50. The van der Waals surface area contributed by atoms with Crippen molar-refractivity contribution in [3.8, 4) is 23.1 Å². The topological polar surface area (TPSA) is 79.0 Å². The van der Waals surface area contributed by atoms with E-state index < -0.39 is 0 Å². The van der Waals surface area contributed by atoms with Crippen molar-refractivity contribution in [1.82, 2.24) is 15.3 Å². The van der Waals surface area contributed by atoms with E-state index in [9.17, 15) is 9.18 Å². The van der Waals surface area contributed by atoms with E-state index in [0.717, 1.165) is 11.3 Å². The molecule has 0 saturated carbocycles. The molecule has 1 aliphatic heterocycles. The monoisotopic (exact) mass is 404 g/mol. The minimum absolute atomic E-state index is 0.170. The van der Waals surface area contributed by atoms with Gasteiger partial charge < -0.3 is 20.4 Å². The SMILES string of the molecule is COCC#Cc1cnccc1-c1[nH]c2c(c1Nc1cccc(F)c1C)C(=O)NCC2. The van der Waals surface area contributed by atoms with Gasteiger partial charge in [0.05, 0.1) is 22.5 Å².